The lowest BCUT2D eigenvalue weighted by Crippen LogP contribution is -2.09. The van der Waals surface area contributed by atoms with Crippen molar-refractivity contribution in [1.82, 2.24) is 0 Å². The minimum atomic E-state index is 0.0234. The zero-order chi connectivity index (χ0) is 12.1. The molecule has 1 aromatic carbocycles. The summed E-state index contributed by atoms with van der Waals surface area (Å²) >= 11 is 1.72. The van der Waals surface area contributed by atoms with E-state index < -0.39 is 0 Å². The van der Waals surface area contributed by atoms with E-state index in [2.05, 4.69) is 48.7 Å². The van der Waals surface area contributed by atoms with Crippen molar-refractivity contribution in [2.75, 3.05) is 0 Å². The zero-order valence-electron chi connectivity index (χ0n) is 10.2. The molecule has 0 aliphatic rings. The standard InChI is InChI=1S/C15H19NS/c1-2-3-5-12-7-9-13(10-8-12)15(16)14-6-4-11-17-14/h4,6-11,15H,2-3,5,16H2,1H3. The molecule has 2 N–H and O–H groups in total. The van der Waals surface area contributed by atoms with Crippen molar-refractivity contribution in [1.29, 1.82) is 0 Å². The van der Waals surface area contributed by atoms with E-state index in [4.69, 9.17) is 5.73 Å². The van der Waals surface area contributed by atoms with E-state index >= 15 is 0 Å². The minimum absolute atomic E-state index is 0.0234. The second kappa shape index (κ2) is 5.99. The molecular formula is C15H19NS. The molecule has 1 nitrogen and oxygen atoms in total. The first-order chi connectivity index (χ1) is 8.31. The normalized spacial score (nSPS) is 12.6. The van der Waals surface area contributed by atoms with E-state index in [1.54, 1.807) is 11.3 Å². The first-order valence-electron chi connectivity index (χ1n) is 6.19. The Morgan fingerprint density at radius 2 is 1.94 bits per heavy atom. The second-order valence-corrected chi connectivity index (χ2v) is 5.32. The highest BCUT2D eigenvalue weighted by Crippen LogP contribution is 2.24. The van der Waals surface area contributed by atoms with Crippen LogP contribution in [-0.4, -0.2) is 0 Å². The molecule has 1 aromatic heterocycles. The van der Waals surface area contributed by atoms with Crippen LogP contribution in [0.1, 0.15) is 41.8 Å². The van der Waals surface area contributed by atoms with Crippen molar-refractivity contribution in [3.63, 3.8) is 0 Å². The van der Waals surface area contributed by atoms with Gasteiger partial charge >= 0.3 is 0 Å². The van der Waals surface area contributed by atoms with Crippen LogP contribution in [0.15, 0.2) is 41.8 Å². The zero-order valence-corrected chi connectivity index (χ0v) is 11.0. The smallest absolute Gasteiger partial charge is 0.0645 e. The molecule has 90 valence electrons. The molecule has 2 heteroatoms. The molecule has 0 radical (unpaired) electrons. The predicted molar refractivity (Wildman–Crippen MR) is 75.4 cm³/mol. The van der Waals surface area contributed by atoms with Crippen LogP contribution in [0, 0.1) is 0 Å². The highest BCUT2D eigenvalue weighted by molar-refractivity contribution is 7.10. The van der Waals surface area contributed by atoms with Gasteiger partial charge in [-0.3, -0.25) is 0 Å². The number of nitrogens with two attached hydrogens (primary N) is 1. The first kappa shape index (κ1) is 12.3. The van der Waals surface area contributed by atoms with Gasteiger partial charge in [0.25, 0.3) is 0 Å². The third kappa shape index (κ3) is 3.18. The Kier molecular flexibility index (Phi) is 4.35. The number of aryl methyl sites for hydroxylation is 1. The third-order valence-electron chi connectivity index (χ3n) is 3.01. The second-order valence-electron chi connectivity index (χ2n) is 4.34. The fourth-order valence-electron chi connectivity index (χ4n) is 1.91. The Balaban J connectivity index is 2.07. The first-order valence-corrected chi connectivity index (χ1v) is 7.07. The Labute approximate surface area is 107 Å². The Hall–Kier alpha value is -1.12. The molecule has 0 amide bonds. The van der Waals surface area contributed by atoms with Gasteiger partial charge in [0.2, 0.25) is 0 Å². The van der Waals surface area contributed by atoms with Gasteiger partial charge < -0.3 is 5.73 Å². The van der Waals surface area contributed by atoms with Crippen molar-refractivity contribution in [2.45, 2.75) is 32.2 Å². The minimum Gasteiger partial charge on any atom is -0.320 e. The SMILES string of the molecule is CCCCc1ccc(C(N)c2cccs2)cc1. The van der Waals surface area contributed by atoms with E-state index in [1.807, 2.05) is 0 Å². The Morgan fingerprint density at radius 3 is 2.53 bits per heavy atom. The summed E-state index contributed by atoms with van der Waals surface area (Å²) < 4.78 is 0. The average molecular weight is 245 g/mol. The van der Waals surface area contributed by atoms with E-state index in [-0.39, 0.29) is 6.04 Å². The van der Waals surface area contributed by atoms with Crippen LogP contribution in [0.25, 0.3) is 0 Å². The maximum absolute atomic E-state index is 6.22. The molecule has 0 fully saturated rings. The van der Waals surface area contributed by atoms with Gasteiger partial charge in [-0.2, -0.15) is 0 Å². The summed E-state index contributed by atoms with van der Waals surface area (Å²) in [5.74, 6) is 0. The van der Waals surface area contributed by atoms with Gasteiger partial charge in [-0.15, -0.1) is 11.3 Å². The van der Waals surface area contributed by atoms with Crippen molar-refractivity contribution in [2.24, 2.45) is 5.73 Å². The number of thiophene rings is 1. The fraction of sp³-hybridized carbons (Fsp3) is 0.333. The molecule has 0 spiro atoms. The van der Waals surface area contributed by atoms with E-state index in [9.17, 15) is 0 Å². The number of hydrogen-bond acceptors (Lipinski definition) is 2. The van der Waals surface area contributed by atoms with Gasteiger partial charge in [0.1, 0.15) is 0 Å². The van der Waals surface area contributed by atoms with Crippen LogP contribution in [0.5, 0.6) is 0 Å². The molecule has 2 rings (SSSR count). The van der Waals surface area contributed by atoms with Crippen LogP contribution in [0.4, 0.5) is 0 Å². The van der Waals surface area contributed by atoms with E-state index in [0.717, 1.165) is 0 Å². The lowest BCUT2D eigenvalue weighted by molar-refractivity contribution is 0.793. The molecular weight excluding hydrogens is 226 g/mol. The topological polar surface area (TPSA) is 26.0 Å². The van der Waals surface area contributed by atoms with Gasteiger partial charge in [0.05, 0.1) is 6.04 Å². The van der Waals surface area contributed by atoms with Crippen molar-refractivity contribution in [3.8, 4) is 0 Å². The molecule has 1 heterocycles. The lowest BCUT2D eigenvalue weighted by Gasteiger charge is -2.10. The molecule has 0 saturated carbocycles. The number of rotatable bonds is 5. The summed E-state index contributed by atoms with van der Waals surface area (Å²) in [6.07, 6.45) is 3.68. The highest BCUT2D eigenvalue weighted by Gasteiger charge is 2.09. The van der Waals surface area contributed by atoms with Crippen LogP contribution in [-0.2, 0) is 6.42 Å². The Morgan fingerprint density at radius 1 is 1.18 bits per heavy atom. The number of unbranched alkanes of at least 4 members (excludes halogenated alkanes) is 1. The van der Waals surface area contributed by atoms with Gasteiger partial charge in [-0.05, 0) is 35.4 Å². The molecule has 1 atom stereocenters. The monoisotopic (exact) mass is 245 g/mol. The average Bonchev–Trinajstić information content (AvgIpc) is 2.90. The summed E-state index contributed by atoms with van der Waals surface area (Å²) in [4.78, 5) is 1.23. The molecule has 1 unspecified atom stereocenters. The predicted octanol–water partition coefficient (Wildman–Crippen LogP) is 4.14. The van der Waals surface area contributed by atoms with Gasteiger partial charge in [0, 0.05) is 4.88 Å². The van der Waals surface area contributed by atoms with Gasteiger partial charge in [-0.25, -0.2) is 0 Å². The Bertz CT molecular complexity index is 430. The summed E-state index contributed by atoms with van der Waals surface area (Å²) in [6.45, 7) is 2.22. The highest BCUT2D eigenvalue weighted by atomic mass is 32.1. The largest absolute Gasteiger partial charge is 0.320 e. The van der Waals surface area contributed by atoms with Crippen molar-refractivity contribution >= 4 is 11.3 Å². The molecule has 0 aliphatic carbocycles. The van der Waals surface area contributed by atoms with E-state index in [1.165, 1.54) is 35.3 Å². The third-order valence-corrected chi connectivity index (χ3v) is 3.96. The number of hydrogen-bond donors (Lipinski definition) is 1. The van der Waals surface area contributed by atoms with Crippen LogP contribution >= 0.6 is 11.3 Å². The van der Waals surface area contributed by atoms with Gasteiger partial charge in [0.15, 0.2) is 0 Å². The lowest BCUT2D eigenvalue weighted by atomic mass is 10.0. The van der Waals surface area contributed by atoms with Crippen LogP contribution in [0.3, 0.4) is 0 Å². The quantitative estimate of drug-likeness (QED) is 0.841. The van der Waals surface area contributed by atoms with Gasteiger partial charge in [-0.1, -0.05) is 43.7 Å². The summed E-state index contributed by atoms with van der Waals surface area (Å²) in [7, 11) is 0. The van der Waals surface area contributed by atoms with Crippen LogP contribution < -0.4 is 5.73 Å². The maximum atomic E-state index is 6.22. The van der Waals surface area contributed by atoms with E-state index in [0.29, 0.717) is 0 Å². The number of benzene rings is 1. The maximum Gasteiger partial charge on any atom is 0.0645 e. The molecule has 0 aliphatic heterocycles. The molecule has 0 bridgehead atoms. The van der Waals surface area contributed by atoms with Crippen molar-refractivity contribution in [3.05, 3.63) is 57.8 Å². The fourth-order valence-corrected chi connectivity index (χ4v) is 2.66. The van der Waals surface area contributed by atoms with Crippen LogP contribution in [0.2, 0.25) is 0 Å². The van der Waals surface area contributed by atoms with Crippen molar-refractivity contribution < 1.29 is 0 Å². The molecule has 2 aromatic rings. The summed E-state index contributed by atoms with van der Waals surface area (Å²) in [6, 6.07) is 12.9. The molecule has 17 heavy (non-hydrogen) atoms. The summed E-state index contributed by atoms with van der Waals surface area (Å²) in [5.41, 5.74) is 8.83. The summed E-state index contributed by atoms with van der Waals surface area (Å²) in [5, 5.41) is 2.07. The molecule has 0 saturated heterocycles.